The lowest BCUT2D eigenvalue weighted by molar-refractivity contribution is -0.246. The van der Waals surface area contributed by atoms with E-state index in [2.05, 4.69) is 69.0 Å². The number of fused-ring (bicyclic) bond motifs is 5. The van der Waals surface area contributed by atoms with Gasteiger partial charge in [-0.2, -0.15) is 22.0 Å². The number of nitrogens with zero attached hydrogens (tertiary/aromatic N) is 4. The number of aliphatic hydroxyl groups excluding tert-OH is 1. The first kappa shape index (κ1) is 66.6. The van der Waals surface area contributed by atoms with Crippen LogP contribution in [-0.4, -0.2) is 220 Å². The lowest BCUT2D eigenvalue weighted by Gasteiger charge is -2.63. The van der Waals surface area contributed by atoms with Crippen LogP contribution in [0, 0.1) is 45.3 Å². The Kier molecular flexibility index (Phi) is 21.6. The van der Waals surface area contributed by atoms with Crippen LogP contribution in [0.4, 0.5) is 4.79 Å². The van der Waals surface area contributed by atoms with E-state index in [1.807, 2.05) is 25.6 Å². The Morgan fingerprint density at radius 3 is 2.35 bits per heavy atom. The molecule has 9 fully saturated rings. The number of rotatable bonds is 34. The Labute approximate surface area is 517 Å². The summed E-state index contributed by atoms with van der Waals surface area (Å²) in [6, 6.07) is 0.388. The first-order chi connectivity index (χ1) is 41.1. The van der Waals surface area contributed by atoms with E-state index in [-0.39, 0.29) is 93.9 Å². The van der Waals surface area contributed by atoms with E-state index < -0.39 is 29.0 Å². The molecule has 10 rings (SSSR count). The summed E-state index contributed by atoms with van der Waals surface area (Å²) in [5.41, 5.74) is 5.69. The van der Waals surface area contributed by atoms with Crippen molar-refractivity contribution >= 4 is 29.6 Å². The summed E-state index contributed by atoms with van der Waals surface area (Å²) in [5, 5.41) is 44.6. The summed E-state index contributed by atoms with van der Waals surface area (Å²) in [5.74, 6) is 2.18. The van der Waals surface area contributed by atoms with Gasteiger partial charge in [-0.05, 0) is 150 Å². The van der Waals surface area contributed by atoms with Crippen molar-refractivity contribution in [1.29, 1.82) is 0 Å². The third-order valence-corrected chi connectivity index (χ3v) is 24.7. The number of thioether (sulfide) groups is 1. The molecule has 4 amide bonds. The zero-order valence-electron chi connectivity index (χ0n) is 53.6. The molecule has 4 saturated heterocycles. The third kappa shape index (κ3) is 14.2. The lowest BCUT2D eigenvalue weighted by atomic mass is 9.43. The molecular weight excluding hydrogens is 1120 g/mol. The fourth-order valence-electron chi connectivity index (χ4n) is 18.8. The number of hydrogen-bond donors (Lipinski definition) is 7. The molecule has 8 N–H and O–H groups in total. The maximum Gasteiger partial charge on any atom is 0.315 e. The van der Waals surface area contributed by atoms with Crippen LogP contribution in [-0.2, 0) is 42.7 Å². The molecule has 22 heteroatoms. The standard InChI is InChI=1S/C64H111N9O12S/c1-9-82-56(59(5,6)78)44-38-42(2)52-54(84-44)55(76)64(65)47-17-16-46-58(3,4)48(18-21-62(46)41-63(47,62)23-22-60(52,64)7)85-51-39-73(30-33-83-51)29-28-72(27-25-67-50(75)19-20-61(8)70-71-61)26-13-32-80-35-37-81-36-34-79-31-12-24-66-49(74)15-11-10-14-45-53-43(40-86-45)68-57(77)69-53/h42-48,51-56,76,78H,9-41,65H2,1-8H3,(H,66,74)(H,67,75)(H2,68,69,77)/t42-,43?,44?,45+,46+,47?,48?,51+,52+,53?,54-,55+,56?,60?,62?,63?,64+/m1/s1. The van der Waals surface area contributed by atoms with E-state index in [0.29, 0.717) is 103 Å². The summed E-state index contributed by atoms with van der Waals surface area (Å²) in [6.07, 6.45) is 12.0. The Bertz CT molecular complexity index is 2320. The van der Waals surface area contributed by atoms with Crippen LogP contribution in [0.3, 0.4) is 0 Å². The number of carbonyl (C=O) groups excluding carboxylic acids is 3. The summed E-state index contributed by atoms with van der Waals surface area (Å²) in [7, 11) is 0. The molecule has 5 aliphatic heterocycles. The summed E-state index contributed by atoms with van der Waals surface area (Å²) < 4.78 is 44.2. The van der Waals surface area contributed by atoms with E-state index in [0.717, 1.165) is 116 Å². The molecule has 9 unspecified atom stereocenters. The second-order valence-electron chi connectivity index (χ2n) is 29.3. The number of aliphatic hydroxyl groups is 2. The van der Waals surface area contributed by atoms with Gasteiger partial charge >= 0.3 is 6.03 Å². The minimum absolute atomic E-state index is 0.0285. The second-order valence-corrected chi connectivity index (χ2v) is 30.6. The number of ether oxygens (including phenoxy) is 7. The van der Waals surface area contributed by atoms with Gasteiger partial charge in [-0.25, -0.2) is 4.79 Å². The Morgan fingerprint density at radius 2 is 1.60 bits per heavy atom. The van der Waals surface area contributed by atoms with Crippen LogP contribution in [0.25, 0.3) is 0 Å². The average molecular weight is 1230 g/mol. The maximum absolute atomic E-state index is 12.8. The number of hydrogen-bond acceptors (Lipinski definition) is 18. The Hall–Kier alpha value is -2.32. The first-order valence-corrected chi connectivity index (χ1v) is 34.7. The van der Waals surface area contributed by atoms with Gasteiger partial charge in [0.2, 0.25) is 11.8 Å². The number of urea groups is 1. The number of unbranched alkanes of at least 4 members (excludes halogenated alkanes) is 1. The van der Waals surface area contributed by atoms with Gasteiger partial charge < -0.3 is 75.3 Å². The third-order valence-electron chi connectivity index (χ3n) is 23.2. The van der Waals surface area contributed by atoms with Gasteiger partial charge in [0.25, 0.3) is 0 Å². The van der Waals surface area contributed by atoms with Gasteiger partial charge in [-0.1, -0.05) is 34.1 Å². The maximum atomic E-state index is 12.8. The van der Waals surface area contributed by atoms with Crippen LogP contribution in [0.1, 0.15) is 158 Å². The zero-order chi connectivity index (χ0) is 61.1. The number of nitrogens with two attached hydrogens (primary N) is 1. The van der Waals surface area contributed by atoms with E-state index >= 15 is 0 Å². The van der Waals surface area contributed by atoms with Crippen molar-refractivity contribution in [2.45, 2.75) is 229 Å². The number of nitrogens with one attached hydrogen (secondary N) is 4. The molecule has 2 spiro atoms. The fourth-order valence-corrected chi connectivity index (χ4v) is 20.3. The second kappa shape index (κ2) is 27.9. The van der Waals surface area contributed by atoms with Crippen molar-refractivity contribution in [2.75, 3.05) is 111 Å². The monoisotopic (exact) mass is 1230 g/mol. The van der Waals surface area contributed by atoms with Gasteiger partial charge in [0.05, 0.1) is 80.7 Å². The van der Waals surface area contributed by atoms with Crippen LogP contribution in [0.15, 0.2) is 10.2 Å². The molecular formula is C64H111N9O12S. The molecule has 21 nitrogen and oxygen atoms in total. The predicted octanol–water partition coefficient (Wildman–Crippen LogP) is 5.76. The van der Waals surface area contributed by atoms with E-state index in [4.69, 9.17) is 38.9 Å². The highest BCUT2D eigenvalue weighted by Crippen LogP contribution is 2.87. The fraction of sp³-hybridized carbons (Fsp3) is 0.953. The van der Waals surface area contributed by atoms with E-state index in [1.165, 1.54) is 6.42 Å². The van der Waals surface area contributed by atoms with Gasteiger partial charge in [0.15, 0.2) is 12.0 Å². The molecule has 0 radical (unpaired) electrons. The summed E-state index contributed by atoms with van der Waals surface area (Å²) in [4.78, 5) is 41.6. The molecule has 17 atom stereocenters. The summed E-state index contributed by atoms with van der Waals surface area (Å²) >= 11 is 1.91. The number of morpholine rings is 1. The van der Waals surface area contributed by atoms with Gasteiger partial charge in [-0.15, -0.1) is 0 Å². The first-order valence-electron chi connectivity index (χ1n) is 33.6. The normalized spacial score (nSPS) is 38.4. The molecule has 10 aliphatic rings. The van der Waals surface area contributed by atoms with Gasteiger partial charge in [0.1, 0.15) is 6.10 Å². The van der Waals surface area contributed by atoms with Crippen molar-refractivity contribution in [3.05, 3.63) is 0 Å². The van der Waals surface area contributed by atoms with Crippen molar-refractivity contribution in [3.8, 4) is 0 Å². The van der Waals surface area contributed by atoms with E-state index in [1.54, 1.807) is 13.8 Å². The van der Waals surface area contributed by atoms with Crippen LogP contribution < -0.4 is 27.0 Å². The van der Waals surface area contributed by atoms with Crippen LogP contribution in [0.2, 0.25) is 0 Å². The van der Waals surface area contributed by atoms with Crippen molar-refractivity contribution in [2.24, 2.45) is 61.3 Å². The minimum atomic E-state index is -1.08. The quantitative estimate of drug-likeness (QED) is 0.0298. The molecule has 0 bridgehead atoms. The molecule has 0 aromatic heterocycles. The smallest absolute Gasteiger partial charge is 0.315 e. The highest BCUT2D eigenvalue weighted by atomic mass is 32.2. The van der Waals surface area contributed by atoms with Gasteiger partial charge in [0, 0.05) is 102 Å². The molecule has 5 saturated carbocycles. The van der Waals surface area contributed by atoms with Crippen LogP contribution >= 0.6 is 11.8 Å². The zero-order valence-corrected chi connectivity index (χ0v) is 54.4. The molecule has 5 heterocycles. The molecule has 0 aromatic rings. The van der Waals surface area contributed by atoms with Crippen molar-refractivity contribution in [1.82, 2.24) is 31.1 Å². The molecule has 5 aliphatic carbocycles. The van der Waals surface area contributed by atoms with Gasteiger partial charge in [-0.3, -0.25) is 14.5 Å². The largest absolute Gasteiger partial charge is 0.388 e. The number of amides is 4. The summed E-state index contributed by atoms with van der Waals surface area (Å²) in [6.45, 7) is 27.3. The van der Waals surface area contributed by atoms with Crippen molar-refractivity contribution < 1.29 is 57.8 Å². The predicted molar refractivity (Wildman–Crippen MR) is 328 cm³/mol. The number of carbonyl (C=O) groups is 3. The highest BCUT2D eigenvalue weighted by Gasteiger charge is 2.85. The Morgan fingerprint density at radius 1 is 0.895 bits per heavy atom. The minimum Gasteiger partial charge on any atom is -0.388 e. The van der Waals surface area contributed by atoms with E-state index in [9.17, 15) is 24.6 Å². The Balaban J connectivity index is 0.626. The van der Waals surface area contributed by atoms with Crippen LogP contribution in [0.5, 0.6) is 0 Å². The molecule has 0 aromatic carbocycles. The average Bonchev–Trinajstić information content (AvgIpc) is 1.46. The SMILES string of the molecule is CCOC(C1C[C@@H](C)[C@H]2[C@@H](O1)[C@H](O)[C@@]1(N)C3CC[C@H]4C(C)(C)C(O[C@H]5CN(CCN(CCCOCCOCCOCCCNC(=O)CCCC[C@@H]6SCC7NC(=O)NC76)CCNC(=O)CCC6(C)N=N6)CCO5)CCC45CC35CCC21C)C(C)(C)O. The van der Waals surface area contributed by atoms with Crippen molar-refractivity contribution in [3.63, 3.8) is 0 Å². The molecule has 490 valence electrons. The molecule has 86 heavy (non-hydrogen) atoms. The lowest BCUT2D eigenvalue weighted by Crippen LogP contribution is -2.70. The highest BCUT2D eigenvalue weighted by molar-refractivity contribution is 8.00. The topological polar surface area (TPSA) is 262 Å².